The molecule has 0 aromatic heterocycles. The monoisotopic (exact) mass is 230 g/mol. The second kappa shape index (κ2) is 5.16. The van der Waals surface area contributed by atoms with Crippen molar-refractivity contribution in [1.29, 1.82) is 0 Å². The summed E-state index contributed by atoms with van der Waals surface area (Å²) in [6.07, 6.45) is 2.21. The van der Waals surface area contributed by atoms with E-state index in [4.69, 9.17) is 9.84 Å². The molecule has 1 unspecified atom stereocenters. The lowest BCUT2D eigenvalue weighted by Crippen LogP contribution is -2.49. The second-order valence-corrected chi connectivity index (χ2v) is 4.48. The quantitative estimate of drug-likeness (QED) is 0.607. The van der Waals surface area contributed by atoms with Crippen molar-refractivity contribution in [1.82, 2.24) is 10.6 Å². The molecule has 1 aliphatic rings. The summed E-state index contributed by atoms with van der Waals surface area (Å²) in [5, 5.41) is 13.8. The summed E-state index contributed by atoms with van der Waals surface area (Å²) in [6.45, 7) is 2.62. The number of ether oxygens (including phenoxy) is 1. The Bertz CT molecular complexity index is 276. The Hall–Kier alpha value is -1.30. The summed E-state index contributed by atoms with van der Waals surface area (Å²) in [7, 11) is 1.39. The Balaban J connectivity index is 2.27. The van der Waals surface area contributed by atoms with Crippen molar-refractivity contribution in [2.24, 2.45) is 5.41 Å². The fourth-order valence-corrected chi connectivity index (χ4v) is 1.23. The highest BCUT2D eigenvalue weighted by Crippen LogP contribution is 2.43. The van der Waals surface area contributed by atoms with Gasteiger partial charge in [0.2, 0.25) is 0 Å². The largest absolute Gasteiger partial charge is 0.480 e. The fourth-order valence-electron chi connectivity index (χ4n) is 1.23. The van der Waals surface area contributed by atoms with Crippen LogP contribution < -0.4 is 10.6 Å². The van der Waals surface area contributed by atoms with E-state index in [0.29, 0.717) is 6.54 Å². The molecule has 6 nitrogen and oxygen atoms in total. The van der Waals surface area contributed by atoms with Crippen molar-refractivity contribution in [3.8, 4) is 0 Å². The van der Waals surface area contributed by atoms with E-state index in [1.165, 1.54) is 7.11 Å². The number of hydrogen-bond donors (Lipinski definition) is 3. The molecule has 1 aliphatic carbocycles. The van der Waals surface area contributed by atoms with Crippen molar-refractivity contribution in [2.75, 3.05) is 20.3 Å². The zero-order chi connectivity index (χ0) is 12.2. The van der Waals surface area contributed by atoms with Gasteiger partial charge in [0, 0.05) is 13.7 Å². The number of carbonyl (C=O) groups is 2. The molecule has 0 aliphatic heterocycles. The summed E-state index contributed by atoms with van der Waals surface area (Å²) in [4.78, 5) is 22.1. The second-order valence-electron chi connectivity index (χ2n) is 4.48. The molecule has 2 amide bonds. The van der Waals surface area contributed by atoms with E-state index in [1.54, 1.807) is 0 Å². The number of urea groups is 1. The number of carboxylic acid groups (broad SMARTS) is 1. The summed E-state index contributed by atoms with van der Waals surface area (Å²) >= 11 is 0. The van der Waals surface area contributed by atoms with E-state index in [0.717, 1.165) is 12.8 Å². The number of carbonyl (C=O) groups excluding carboxylic acids is 1. The number of rotatable bonds is 6. The van der Waals surface area contributed by atoms with Crippen LogP contribution in [0.25, 0.3) is 0 Å². The van der Waals surface area contributed by atoms with Gasteiger partial charge >= 0.3 is 12.0 Å². The molecule has 3 N–H and O–H groups in total. The molecule has 0 aromatic carbocycles. The molecule has 1 saturated carbocycles. The highest BCUT2D eigenvalue weighted by Gasteiger charge is 2.37. The average Bonchev–Trinajstić information content (AvgIpc) is 2.94. The Morgan fingerprint density at radius 3 is 2.56 bits per heavy atom. The zero-order valence-corrected chi connectivity index (χ0v) is 9.58. The fraction of sp³-hybridized carbons (Fsp3) is 0.800. The van der Waals surface area contributed by atoms with E-state index in [-0.39, 0.29) is 12.0 Å². The number of methoxy groups -OCH3 is 1. The third kappa shape index (κ3) is 4.06. The van der Waals surface area contributed by atoms with Gasteiger partial charge in [0.15, 0.2) is 6.04 Å². The number of carboxylic acids is 1. The maximum absolute atomic E-state index is 11.4. The van der Waals surface area contributed by atoms with Crippen LogP contribution in [0.1, 0.15) is 19.8 Å². The van der Waals surface area contributed by atoms with E-state index < -0.39 is 18.0 Å². The molecule has 1 fully saturated rings. The van der Waals surface area contributed by atoms with Gasteiger partial charge in [-0.1, -0.05) is 6.92 Å². The highest BCUT2D eigenvalue weighted by molar-refractivity contribution is 5.82. The first-order valence-electron chi connectivity index (χ1n) is 5.23. The van der Waals surface area contributed by atoms with Gasteiger partial charge in [0.1, 0.15) is 0 Å². The molecule has 92 valence electrons. The Morgan fingerprint density at radius 1 is 1.50 bits per heavy atom. The van der Waals surface area contributed by atoms with Crippen LogP contribution >= 0.6 is 0 Å². The zero-order valence-electron chi connectivity index (χ0n) is 9.58. The standard InChI is InChI=1S/C10H18N2O4/c1-10(3-4-10)6-11-9(15)12-7(5-16-2)8(13)14/h7H,3-6H2,1-2H3,(H,13,14)(H2,11,12,15). The lowest BCUT2D eigenvalue weighted by molar-refractivity contribution is -0.140. The van der Waals surface area contributed by atoms with Crippen LogP contribution in [0.5, 0.6) is 0 Å². The lowest BCUT2D eigenvalue weighted by Gasteiger charge is -2.15. The van der Waals surface area contributed by atoms with Crippen LogP contribution in [0.15, 0.2) is 0 Å². The molecule has 0 aromatic rings. The third-order valence-corrected chi connectivity index (χ3v) is 2.72. The molecule has 0 spiro atoms. The Labute approximate surface area is 94.3 Å². The van der Waals surface area contributed by atoms with Crippen LogP contribution in [-0.2, 0) is 9.53 Å². The van der Waals surface area contributed by atoms with Crippen molar-refractivity contribution in [2.45, 2.75) is 25.8 Å². The average molecular weight is 230 g/mol. The molecule has 16 heavy (non-hydrogen) atoms. The van der Waals surface area contributed by atoms with Crippen LogP contribution in [0.3, 0.4) is 0 Å². The molecule has 0 heterocycles. The van der Waals surface area contributed by atoms with Gasteiger partial charge in [0.05, 0.1) is 6.61 Å². The summed E-state index contributed by atoms with van der Waals surface area (Å²) < 4.78 is 4.70. The minimum Gasteiger partial charge on any atom is -0.480 e. The maximum Gasteiger partial charge on any atom is 0.328 e. The SMILES string of the molecule is COCC(NC(=O)NCC1(C)CC1)C(=O)O. The maximum atomic E-state index is 11.4. The highest BCUT2D eigenvalue weighted by atomic mass is 16.5. The van der Waals surface area contributed by atoms with Crippen LogP contribution in [0.4, 0.5) is 4.79 Å². The van der Waals surface area contributed by atoms with Crippen molar-refractivity contribution in [3.05, 3.63) is 0 Å². The van der Waals surface area contributed by atoms with Gasteiger partial charge < -0.3 is 20.5 Å². The van der Waals surface area contributed by atoms with Gasteiger partial charge in [-0.2, -0.15) is 0 Å². The van der Waals surface area contributed by atoms with Gasteiger partial charge in [-0.15, -0.1) is 0 Å². The number of nitrogens with one attached hydrogen (secondary N) is 2. The first-order valence-corrected chi connectivity index (χ1v) is 5.23. The molecule has 1 rings (SSSR count). The van der Waals surface area contributed by atoms with Crippen molar-refractivity contribution >= 4 is 12.0 Å². The van der Waals surface area contributed by atoms with Gasteiger partial charge in [0.25, 0.3) is 0 Å². The summed E-state index contributed by atoms with van der Waals surface area (Å²) in [5.74, 6) is -1.10. The van der Waals surface area contributed by atoms with Gasteiger partial charge in [-0.3, -0.25) is 0 Å². The van der Waals surface area contributed by atoms with E-state index >= 15 is 0 Å². The molecule has 0 radical (unpaired) electrons. The van der Waals surface area contributed by atoms with Crippen LogP contribution in [0.2, 0.25) is 0 Å². The number of aliphatic carboxylic acids is 1. The molecular weight excluding hydrogens is 212 g/mol. The predicted octanol–water partition coefficient (Wildman–Crippen LogP) is 0.185. The molecule has 1 atom stereocenters. The Morgan fingerprint density at radius 2 is 2.12 bits per heavy atom. The van der Waals surface area contributed by atoms with Crippen LogP contribution in [-0.4, -0.2) is 43.4 Å². The minimum atomic E-state index is -1.10. The third-order valence-electron chi connectivity index (χ3n) is 2.72. The van der Waals surface area contributed by atoms with Crippen LogP contribution in [0, 0.1) is 5.41 Å². The molecule has 0 bridgehead atoms. The van der Waals surface area contributed by atoms with E-state index in [2.05, 4.69) is 17.6 Å². The smallest absolute Gasteiger partial charge is 0.328 e. The van der Waals surface area contributed by atoms with Gasteiger partial charge in [-0.05, 0) is 18.3 Å². The topological polar surface area (TPSA) is 87.7 Å². The van der Waals surface area contributed by atoms with E-state index in [1.807, 2.05) is 0 Å². The summed E-state index contributed by atoms with van der Waals surface area (Å²) in [5.41, 5.74) is 0.206. The summed E-state index contributed by atoms with van der Waals surface area (Å²) in [6, 6.07) is -1.46. The first-order chi connectivity index (χ1) is 7.47. The minimum absolute atomic E-state index is 0.0416. The lowest BCUT2D eigenvalue weighted by atomic mass is 10.1. The number of amides is 2. The van der Waals surface area contributed by atoms with E-state index in [9.17, 15) is 9.59 Å². The van der Waals surface area contributed by atoms with Gasteiger partial charge in [-0.25, -0.2) is 9.59 Å². The normalized spacial score (nSPS) is 18.6. The first kappa shape index (κ1) is 12.8. The molecular formula is C10H18N2O4. The molecule has 6 heteroatoms. The molecule has 0 saturated heterocycles. The van der Waals surface area contributed by atoms with Crippen molar-refractivity contribution < 1.29 is 19.4 Å². The van der Waals surface area contributed by atoms with Crippen molar-refractivity contribution in [3.63, 3.8) is 0 Å². The number of hydrogen-bond acceptors (Lipinski definition) is 3. The predicted molar refractivity (Wildman–Crippen MR) is 57.2 cm³/mol. The Kier molecular flexibility index (Phi) is 4.12.